The molecule has 0 aromatic carbocycles. The van der Waals surface area contributed by atoms with Crippen molar-refractivity contribution in [1.29, 1.82) is 0 Å². The van der Waals surface area contributed by atoms with Gasteiger partial charge in [0.05, 0.1) is 19.2 Å². The molecule has 3 rings (SSSR count). The first kappa shape index (κ1) is 26.9. The topological polar surface area (TPSA) is 112 Å². The van der Waals surface area contributed by atoms with E-state index in [-0.39, 0.29) is 41.7 Å². The van der Waals surface area contributed by atoms with Gasteiger partial charge in [-0.05, 0) is 39.7 Å². The molecule has 2 amide bonds. The molecule has 1 aromatic rings. The smallest absolute Gasteiger partial charge is 0.259 e. The predicted molar refractivity (Wildman–Crippen MR) is 130 cm³/mol. The molecular formula is C26H37N3O6. The molecule has 2 N–H and O–H groups in total. The second-order valence-corrected chi connectivity index (χ2v) is 10.1. The summed E-state index contributed by atoms with van der Waals surface area (Å²) in [6.45, 7) is 8.59. The second-order valence-electron chi connectivity index (χ2n) is 10.1. The van der Waals surface area contributed by atoms with Crippen LogP contribution in [0.15, 0.2) is 12.3 Å². The summed E-state index contributed by atoms with van der Waals surface area (Å²) in [7, 11) is 1.77. The third kappa shape index (κ3) is 6.94. The van der Waals surface area contributed by atoms with Crippen molar-refractivity contribution in [2.75, 3.05) is 40.0 Å². The van der Waals surface area contributed by atoms with Crippen molar-refractivity contribution in [3.63, 3.8) is 0 Å². The summed E-state index contributed by atoms with van der Waals surface area (Å²) in [6.07, 6.45) is 2.51. The number of fused-ring (bicyclic) bond motifs is 1. The quantitative estimate of drug-likeness (QED) is 0.602. The van der Waals surface area contributed by atoms with E-state index in [2.05, 4.69) is 16.8 Å². The number of likely N-dealkylation sites (N-methyl/N-ethyl adjacent to an activating group) is 1. The fraction of sp³-hybridized carbons (Fsp3) is 0.654. The number of carbonyl (C=O) groups excluding carboxylic acids is 2. The van der Waals surface area contributed by atoms with Crippen molar-refractivity contribution in [3.8, 4) is 17.7 Å². The molecule has 9 heteroatoms. The second kappa shape index (κ2) is 11.4. The highest BCUT2D eigenvalue weighted by molar-refractivity contribution is 5.97. The van der Waals surface area contributed by atoms with Crippen molar-refractivity contribution < 1.29 is 29.3 Å². The number of aliphatic hydroxyl groups excluding tert-OH is 1. The summed E-state index contributed by atoms with van der Waals surface area (Å²) in [5.74, 6) is 5.32. The Kier molecular flexibility index (Phi) is 8.75. The lowest BCUT2D eigenvalue weighted by molar-refractivity contribution is -0.138. The Morgan fingerprint density at radius 1 is 1.37 bits per heavy atom. The van der Waals surface area contributed by atoms with Crippen LogP contribution in [0.5, 0.6) is 5.88 Å². The Hall–Kier alpha value is -2.67. The zero-order chi connectivity index (χ0) is 25.8. The number of hydrogen-bond acceptors (Lipinski definition) is 7. The van der Waals surface area contributed by atoms with Gasteiger partial charge in [0, 0.05) is 50.4 Å². The summed E-state index contributed by atoms with van der Waals surface area (Å²) in [5, 5.41) is 19.7. The minimum atomic E-state index is -1.19. The molecule has 1 saturated heterocycles. The normalized spacial score (nSPS) is 22.1. The minimum Gasteiger partial charge on any atom is -0.472 e. The largest absolute Gasteiger partial charge is 0.472 e. The highest BCUT2D eigenvalue weighted by Crippen LogP contribution is 2.28. The molecule has 1 aromatic heterocycles. The van der Waals surface area contributed by atoms with Gasteiger partial charge in [-0.1, -0.05) is 18.8 Å². The zero-order valence-electron chi connectivity index (χ0n) is 21.3. The maximum Gasteiger partial charge on any atom is 0.259 e. The Bertz CT molecular complexity index is 974. The van der Waals surface area contributed by atoms with Gasteiger partial charge in [-0.3, -0.25) is 9.59 Å². The van der Waals surface area contributed by atoms with Crippen molar-refractivity contribution in [2.24, 2.45) is 11.8 Å². The SMILES string of the molecule is C[C@H](CO)N1C[C@H](C)[C@@H](CN(C)C(=O)C2CCOCC2)Oc2ncc(C#CC(C)(C)O)cc2C1=O. The van der Waals surface area contributed by atoms with E-state index in [1.807, 2.05) is 6.92 Å². The number of hydrogen-bond donors (Lipinski definition) is 2. The van der Waals surface area contributed by atoms with Crippen LogP contribution in [0, 0.1) is 23.7 Å². The van der Waals surface area contributed by atoms with Crippen LogP contribution < -0.4 is 4.74 Å². The van der Waals surface area contributed by atoms with E-state index < -0.39 is 17.7 Å². The highest BCUT2D eigenvalue weighted by atomic mass is 16.5. The molecule has 0 bridgehead atoms. The van der Waals surface area contributed by atoms with Gasteiger partial charge >= 0.3 is 0 Å². The standard InChI is InChI=1S/C26H37N3O6/c1-17-14-29(18(2)16-30)25(32)21-12-19(6-9-26(3,4)33)13-27-23(21)35-22(17)15-28(5)24(31)20-7-10-34-11-8-20/h12-13,17-18,20,22,30,33H,7-8,10-11,14-16H2,1-5H3/t17-,18+,22+/m0/s1. The van der Waals surface area contributed by atoms with Gasteiger partial charge in [-0.25, -0.2) is 4.98 Å². The molecule has 3 heterocycles. The number of pyridine rings is 1. The van der Waals surface area contributed by atoms with E-state index >= 15 is 0 Å². The molecule has 0 saturated carbocycles. The molecule has 0 radical (unpaired) electrons. The molecule has 0 unspecified atom stereocenters. The molecule has 1 fully saturated rings. The van der Waals surface area contributed by atoms with Gasteiger partial charge in [0.1, 0.15) is 17.3 Å². The van der Waals surface area contributed by atoms with E-state index in [9.17, 15) is 19.8 Å². The number of carbonyl (C=O) groups is 2. The molecule has 2 aliphatic rings. The van der Waals surface area contributed by atoms with Crippen LogP contribution in [0.4, 0.5) is 0 Å². The number of nitrogens with zero attached hydrogens (tertiary/aromatic N) is 3. The zero-order valence-corrected chi connectivity index (χ0v) is 21.3. The summed E-state index contributed by atoms with van der Waals surface area (Å²) < 4.78 is 11.6. The Balaban J connectivity index is 1.91. The lowest BCUT2D eigenvalue weighted by Crippen LogP contribution is -2.51. The van der Waals surface area contributed by atoms with Gasteiger partial charge in [0.15, 0.2) is 0 Å². The molecule has 3 atom stereocenters. The third-order valence-corrected chi connectivity index (χ3v) is 6.43. The van der Waals surface area contributed by atoms with Crippen molar-refractivity contribution in [3.05, 3.63) is 23.4 Å². The maximum absolute atomic E-state index is 13.5. The van der Waals surface area contributed by atoms with Crippen LogP contribution in [0.2, 0.25) is 0 Å². The van der Waals surface area contributed by atoms with E-state index in [4.69, 9.17) is 9.47 Å². The highest BCUT2D eigenvalue weighted by Gasteiger charge is 2.35. The number of aromatic nitrogens is 1. The fourth-order valence-electron chi connectivity index (χ4n) is 4.23. The molecule has 2 aliphatic heterocycles. The first-order valence-corrected chi connectivity index (χ1v) is 12.2. The Morgan fingerprint density at radius 3 is 2.69 bits per heavy atom. The summed E-state index contributed by atoms with van der Waals surface area (Å²) in [6, 6.07) is 1.19. The van der Waals surface area contributed by atoms with Gasteiger partial charge in [-0.15, -0.1) is 0 Å². The monoisotopic (exact) mass is 487 g/mol. The van der Waals surface area contributed by atoms with Crippen LogP contribution in [0.1, 0.15) is 56.5 Å². The third-order valence-electron chi connectivity index (χ3n) is 6.43. The van der Waals surface area contributed by atoms with Crippen LogP contribution >= 0.6 is 0 Å². The average Bonchev–Trinajstić information content (AvgIpc) is 2.84. The lowest BCUT2D eigenvalue weighted by Gasteiger charge is -2.38. The van der Waals surface area contributed by atoms with Crippen LogP contribution in [0.3, 0.4) is 0 Å². The summed E-state index contributed by atoms with van der Waals surface area (Å²) in [5.41, 5.74) is -0.482. The van der Waals surface area contributed by atoms with Crippen LogP contribution in [-0.2, 0) is 9.53 Å². The average molecular weight is 488 g/mol. The van der Waals surface area contributed by atoms with Crippen molar-refractivity contribution in [1.82, 2.24) is 14.8 Å². The molecule has 0 spiro atoms. The maximum atomic E-state index is 13.5. The van der Waals surface area contributed by atoms with Gasteiger partial charge in [-0.2, -0.15) is 0 Å². The minimum absolute atomic E-state index is 0.0626. The lowest BCUT2D eigenvalue weighted by atomic mass is 9.97. The van der Waals surface area contributed by atoms with E-state index in [0.717, 1.165) is 0 Å². The van der Waals surface area contributed by atoms with Gasteiger partial charge in [0.2, 0.25) is 11.8 Å². The molecule has 0 aliphatic carbocycles. The molecular weight excluding hydrogens is 450 g/mol. The van der Waals surface area contributed by atoms with Crippen molar-refractivity contribution >= 4 is 11.8 Å². The predicted octanol–water partition coefficient (Wildman–Crippen LogP) is 1.31. The number of ether oxygens (including phenoxy) is 2. The number of rotatable bonds is 5. The van der Waals surface area contributed by atoms with Crippen LogP contribution in [-0.4, -0.2) is 94.5 Å². The van der Waals surface area contributed by atoms with Gasteiger partial charge in [0.25, 0.3) is 5.91 Å². The van der Waals surface area contributed by atoms with Crippen LogP contribution in [0.25, 0.3) is 0 Å². The van der Waals surface area contributed by atoms with Crippen molar-refractivity contribution in [2.45, 2.75) is 58.3 Å². The Morgan fingerprint density at radius 2 is 2.06 bits per heavy atom. The summed E-state index contributed by atoms with van der Waals surface area (Å²) in [4.78, 5) is 34.2. The molecule has 9 nitrogen and oxygen atoms in total. The molecule has 35 heavy (non-hydrogen) atoms. The van der Waals surface area contributed by atoms with E-state index in [0.29, 0.717) is 44.7 Å². The fourth-order valence-corrected chi connectivity index (χ4v) is 4.23. The first-order chi connectivity index (χ1) is 16.5. The van der Waals surface area contributed by atoms with E-state index in [1.165, 1.54) is 6.20 Å². The number of aliphatic hydroxyl groups is 2. The summed E-state index contributed by atoms with van der Waals surface area (Å²) >= 11 is 0. The number of amides is 2. The Labute approximate surface area is 207 Å². The first-order valence-electron chi connectivity index (χ1n) is 12.2. The van der Waals surface area contributed by atoms with E-state index in [1.54, 1.807) is 43.7 Å². The van der Waals surface area contributed by atoms with Gasteiger partial charge < -0.3 is 29.5 Å². The molecule has 192 valence electrons.